The highest BCUT2D eigenvalue weighted by atomic mass is 16.5. The zero-order chi connectivity index (χ0) is 22.5. The van der Waals surface area contributed by atoms with Crippen LogP contribution in [0, 0.1) is 17.3 Å². The van der Waals surface area contributed by atoms with E-state index in [1.54, 1.807) is 12.0 Å². The third kappa shape index (κ3) is 3.27. The van der Waals surface area contributed by atoms with Crippen LogP contribution >= 0.6 is 0 Å². The maximum Gasteiger partial charge on any atom is 0.328 e. The molecule has 172 valence electrons. The Morgan fingerprint density at radius 2 is 1.97 bits per heavy atom. The molecule has 0 N–H and O–H groups in total. The molecule has 0 aromatic heterocycles. The lowest BCUT2D eigenvalue weighted by Gasteiger charge is -2.54. The van der Waals surface area contributed by atoms with Crippen LogP contribution in [0.5, 0.6) is 5.75 Å². The molecular formula is C27H35NO4. The first-order valence-electron chi connectivity index (χ1n) is 12.2. The summed E-state index contributed by atoms with van der Waals surface area (Å²) in [6, 6.07) is 6.18. The molecule has 5 heteroatoms. The van der Waals surface area contributed by atoms with Crippen molar-refractivity contribution < 1.29 is 19.1 Å². The number of hydrogen-bond acceptors (Lipinski definition) is 4. The molecule has 0 radical (unpaired) electrons. The fourth-order valence-electron chi connectivity index (χ4n) is 7.39. The highest BCUT2D eigenvalue weighted by Gasteiger charge is 2.53. The van der Waals surface area contributed by atoms with E-state index in [0.717, 1.165) is 49.8 Å². The lowest BCUT2D eigenvalue weighted by molar-refractivity contribution is -0.150. The summed E-state index contributed by atoms with van der Waals surface area (Å²) >= 11 is 0. The summed E-state index contributed by atoms with van der Waals surface area (Å²) in [6.45, 7) is 2.97. The van der Waals surface area contributed by atoms with Crippen LogP contribution in [0.3, 0.4) is 0 Å². The van der Waals surface area contributed by atoms with Gasteiger partial charge in [-0.2, -0.15) is 0 Å². The number of nitrogens with zero attached hydrogens (tertiary/aromatic N) is 1. The molecule has 1 unspecified atom stereocenters. The largest absolute Gasteiger partial charge is 0.497 e. The summed E-state index contributed by atoms with van der Waals surface area (Å²) < 4.78 is 10.5. The average Bonchev–Trinajstić information content (AvgIpc) is 3.31. The first-order valence-corrected chi connectivity index (χ1v) is 12.2. The summed E-state index contributed by atoms with van der Waals surface area (Å²) in [5, 5.41) is 0. The van der Waals surface area contributed by atoms with Crippen molar-refractivity contribution in [3.8, 4) is 5.75 Å². The van der Waals surface area contributed by atoms with Gasteiger partial charge in [0, 0.05) is 17.5 Å². The number of methoxy groups -OCH3 is 2. The highest BCUT2D eigenvalue weighted by Crippen LogP contribution is 2.60. The van der Waals surface area contributed by atoms with E-state index < -0.39 is 6.04 Å². The molecule has 5 nitrogen and oxygen atoms in total. The van der Waals surface area contributed by atoms with Gasteiger partial charge in [0.15, 0.2) is 0 Å². The third-order valence-corrected chi connectivity index (χ3v) is 8.98. The molecule has 1 aromatic carbocycles. The minimum absolute atomic E-state index is 0.0736. The maximum absolute atomic E-state index is 13.8. The Kier molecular flexibility index (Phi) is 5.55. The summed E-state index contributed by atoms with van der Waals surface area (Å²) in [5.74, 6) is 2.44. The normalized spacial score (nSPS) is 33.5. The van der Waals surface area contributed by atoms with Gasteiger partial charge in [0.1, 0.15) is 11.8 Å². The number of carbonyl (C=O) groups is 2. The summed E-state index contributed by atoms with van der Waals surface area (Å²) in [6.07, 6.45) is 10.3. The minimum Gasteiger partial charge on any atom is -0.497 e. The van der Waals surface area contributed by atoms with E-state index in [2.05, 4.69) is 31.2 Å². The molecule has 0 bridgehead atoms. The van der Waals surface area contributed by atoms with Crippen molar-refractivity contribution in [2.75, 3.05) is 20.8 Å². The molecule has 32 heavy (non-hydrogen) atoms. The maximum atomic E-state index is 13.8. The van der Waals surface area contributed by atoms with Crippen molar-refractivity contribution in [2.24, 2.45) is 17.3 Å². The molecule has 1 aliphatic heterocycles. The Labute approximate surface area is 191 Å². The van der Waals surface area contributed by atoms with E-state index in [4.69, 9.17) is 9.47 Å². The van der Waals surface area contributed by atoms with Gasteiger partial charge in [-0.3, -0.25) is 4.79 Å². The van der Waals surface area contributed by atoms with Crippen LogP contribution < -0.4 is 4.74 Å². The monoisotopic (exact) mass is 437 g/mol. The lowest BCUT2D eigenvalue weighted by Crippen LogP contribution is -2.50. The number of likely N-dealkylation sites (tertiary alicyclic amines) is 1. The fraction of sp³-hybridized carbons (Fsp3) is 0.630. The quantitative estimate of drug-likeness (QED) is 0.647. The number of hydrogen-bond donors (Lipinski definition) is 0. The zero-order valence-corrected chi connectivity index (χ0v) is 19.6. The number of allylic oxidation sites excluding steroid dienone is 1. The number of carbonyl (C=O) groups excluding carboxylic acids is 2. The van der Waals surface area contributed by atoms with Crippen LogP contribution in [0.1, 0.15) is 68.9 Å². The Morgan fingerprint density at radius 1 is 1.12 bits per heavy atom. The van der Waals surface area contributed by atoms with Crippen molar-refractivity contribution in [1.82, 2.24) is 4.90 Å². The van der Waals surface area contributed by atoms with E-state index in [1.165, 1.54) is 24.7 Å². The second-order valence-electron chi connectivity index (χ2n) is 10.3. The second kappa shape index (κ2) is 8.24. The van der Waals surface area contributed by atoms with Crippen LogP contribution in [-0.2, 0) is 20.7 Å². The molecule has 1 saturated heterocycles. The molecule has 5 rings (SSSR count). The molecular weight excluding hydrogens is 402 g/mol. The number of rotatable bonds is 3. The summed E-state index contributed by atoms with van der Waals surface area (Å²) in [7, 11) is 3.15. The van der Waals surface area contributed by atoms with Gasteiger partial charge in [-0.05, 0) is 92.4 Å². The van der Waals surface area contributed by atoms with Crippen molar-refractivity contribution in [1.29, 1.82) is 0 Å². The van der Waals surface area contributed by atoms with E-state index in [1.807, 2.05) is 0 Å². The van der Waals surface area contributed by atoms with Crippen molar-refractivity contribution in [2.45, 2.75) is 70.3 Å². The molecule has 5 atom stereocenters. The molecule has 1 saturated carbocycles. The first kappa shape index (κ1) is 21.5. The molecule has 0 spiro atoms. The Hall–Kier alpha value is -2.30. The van der Waals surface area contributed by atoms with Crippen LogP contribution in [0.25, 0.3) is 0 Å². The minimum atomic E-state index is -0.426. The summed E-state index contributed by atoms with van der Waals surface area (Å²) in [5.41, 5.74) is 3.79. The van der Waals surface area contributed by atoms with Crippen LogP contribution in [0.4, 0.5) is 0 Å². The molecule has 4 aliphatic rings. The Bertz CT molecular complexity index is 953. The average molecular weight is 438 g/mol. The van der Waals surface area contributed by atoms with E-state index in [-0.39, 0.29) is 17.3 Å². The number of fused-ring (bicyclic) bond motifs is 5. The van der Waals surface area contributed by atoms with Crippen LogP contribution in [-0.4, -0.2) is 43.6 Å². The van der Waals surface area contributed by atoms with E-state index in [9.17, 15) is 9.59 Å². The number of benzene rings is 1. The summed E-state index contributed by atoms with van der Waals surface area (Å²) in [4.78, 5) is 27.8. The highest BCUT2D eigenvalue weighted by molar-refractivity contribution is 5.97. The SMILES string of the molecule is COC(=O)C1CCCN1C(=O)C1=CCC[C@H]2[C@@H]3CCc4cc(OC)ccc4[C@H]3CC[C@@]12C. The predicted octanol–water partition coefficient (Wildman–Crippen LogP) is 4.64. The molecule has 1 heterocycles. The number of amides is 1. The molecule has 1 aromatic rings. The van der Waals surface area contributed by atoms with E-state index >= 15 is 0 Å². The molecule has 2 fully saturated rings. The predicted molar refractivity (Wildman–Crippen MR) is 122 cm³/mol. The lowest BCUT2D eigenvalue weighted by atomic mass is 9.50. The number of ether oxygens (including phenoxy) is 2. The van der Waals surface area contributed by atoms with E-state index in [0.29, 0.717) is 30.7 Å². The van der Waals surface area contributed by atoms with Crippen LogP contribution in [0.2, 0.25) is 0 Å². The standard InChI is InChI=1S/C27H35NO4/c1-27-14-13-20-19-12-10-18(31-2)16-17(19)9-11-21(20)22(27)6-4-7-23(27)25(29)28-15-5-8-24(28)26(30)32-3/h7,10,12,16,20-22,24H,4-6,8-9,11,13-15H2,1-3H3/t20-,21-,22+,24?,27-/m1/s1. The fourth-order valence-corrected chi connectivity index (χ4v) is 7.39. The third-order valence-electron chi connectivity index (χ3n) is 8.98. The number of esters is 1. The molecule has 3 aliphatic carbocycles. The van der Waals surface area contributed by atoms with Gasteiger partial charge in [-0.15, -0.1) is 0 Å². The van der Waals surface area contributed by atoms with Gasteiger partial charge >= 0.3 is 5.97 Å². The van der Waals surface area contributed by atoms with Gasteiger partial charge in [0.05, 0.1) is 14.2 Å². The zero-order valence-electron chi connectivity index (χ0n) is 19.6. The van der Waals surface area contributed by atoms with Gasteiger partial charge in [-0.1, -0.05) is 19.1 Å². The molecule has 1 amide bonds. The van der Waals surface area contributed by atoms with Crippen molar-refractivity contribution in [3.63, 3.8) is 0 Å². The number of aryl methyl sites for hydroxylation is 1. The van der Waals surface area contributed by atoms with Gasteiger partial charge in [0.25, 0.3) is 5.91 Å². The topological polar surface area (TPSA) is 55.8 Å². The van der Waals surface area contributed by atoms with Crippen molar-refractivity contribution in [3.05, 3.63) is 41.0 Å². The first-order chi connectivity index (χ1) is 15.5. The van der Waals surface area contributed by atoms with Gasteiger partial charge in [0.2, 0.25) is 0 Å². The smallest absolute Gasteiger partial charge is 0.328 e. The van der Waals surface area contributed by atoms with Gasteiger partial charge in [-0.25, -0.2) is 4.79 Å². The second-order valence-corrected chi connectivity index (χ2v) is 10.3. The van der Waals surface area contributed by atoms with Crippen molar-refractivity contribution >= 4 is 11.9 Å². The Balaban J connectivity index is 1.42. The van der Waals surface area contributed by atoms with Crippen LogP contribution in [0.15, 0.2) is 29.8 Å². The van der Waals surface area contributed by atoms with Gasteiger partial charge < -0.3 is 14.4 Å². The Morgan fingerprint density at radius 3 is 2.75 bits per heavy atom.